The number of anilines is 2. The van der Waals surface area contributed by atoms with Gasteiger partial charge in [-0.2, -0.15) is 10.2 Å². The van der Waals surface area contributed by atoms with E-state index in [0.717, 1.165) is 64.7 Å². The fourth-order valence-corrected chi connectivity index (χ4v) is 5.94. The number of nitrogens with one attached hydrogen (secondary N) is 2. The van der Waals surface area contributed by atoms with Crippen LogP contribution in [-0.4, -0.2) is 47.6 Å². The fraction of sp³-hybridized carbons (Fsp3) is 0.235. The maximum Gasteiger partial charge on any atom is 0.335 e. The van der Waals surface area contributed by atoms with Crippen LogP contribution in [0.5, 0.6) is 5.75 Å². The third-order valence-electron chi connectivity index (χ3n) is 8.31. The van der Waals surface area contributed by atoms with Gasteiger partial charge in [0, 0.05) is 35.9 Å². The third kappa shape index (κ3) is 6.34. The molecule has 3 aromatic heterocycles. The van der Waals surface area contributed by atoms with Gasteiger partial charge in [-0.15, -0.1) is 0 Å². The van der Waals surface area contributed by atoms with Gasteiger partial charge >= 0.3 is 5.97 Å². The molecule has 0 radical (unpaired) electrons. The van der Waals surface area contributed by atoms with Crippen molar-refractivity contribution in [1.82, 2.24) is 29.7 Å². The predicted octanol–water partition coefficient (Wildman–Crippen LogP) is 6.19. The lowest BCUT2D eigenvalue weighted by Gasteiger charge is -2.29. The first-order valence-electron chi connectivity index (χ1n) is 15.0. The molecule has 1 aliphatic carbocycles. The number of carboxylic acid groups (broad SMARTS) is 1. The van der Waals surface area contributed by atoms with Crippen molar-refractivity contribution in [2.24, 2.45) is 0 Å². The van der Waals surface area contributed by atoms with E-state index in [1.54, 1.807) is 28.9 Å². The molecular formula is C34H32FN7O3. The summed E-state index contributed by atoms with van der Waals surface area (Å²) in [6.45, 7) is 1.18. The maximum absolute atomic E-state index is 13.7. The molecule has 6 aromatic rings. The second-order valence-electron chi connectivity index (χ2n) is 11.4. The van der Waals surface area contributed by atoms with Crippen molar-refractivity contribution in [3.63, 3.8) is 0 Å². The first kappa shape index (κ1) is 28.5. The first-order chi connectivity index (χ1) is 22.0. The van der Waals surface area contributed by atoms with E-state index in [0.29, 0.717) is 30.5 Å². The average molecular weight is 606 g/mol. The first-order valence-corrected chi connectivity index (χ1v) is 15.0. The van der Waals surface area contributed by atoms with Crippen molar-refractivity contribution >= 4 is 33.9 Å². The topological polar surface area (TPSA) is 119 Å². The largest absolute Gasteiger partial charge is 0.488 e. The zero-order chi connectivity index (χ0) is 30.8. The molecule has 1 fully saturated rings. The molecule has 45 heavy (non-hydrogen) atoms. The van der Waals surface area contributed by atoms with E-state index in [9.17, 15) is 9.18 Å². The molecular weight excluding hydrogens is 573 g/mol. The number of fused-ring (bicyclic) bond motifs is 2. The Labute approximate surface area is 258 Å². The minimum Gasteiger partial charge on any atom is -0.488 e. The standard InChI is InChI=1S/C34H32FN7O3/c35-26-3-1-2-23(16-26)20-42-30-13-10-28(17-25(30)19-38-42)40-33-32-31(14-15-41(32)39-21-37-33)45-29-11-8-27(9-12-29)36-18-22-4-6-24(7-5-22)34(43)44/h1-7,10,13-17,19,21,27,29,36H,8-9,11-12,18,20H2,(H,43,44)(H,37,39,40). The molecule has 11 heteroatoms. The normalized spacial score (nSPS) is 16.6. The van der Waals surface area contributed by atoms with Crippen LogP contribution in [0.3, 0.4) is 0 Å². The van der Waals surface area contributed by atoms with Crippen LogP contribution in [0.4, 0.5) is 15.9 Å². The van der Waals surface area contributed by atoms with Crippen LogP contribution in [0.15, 0.2) is 91.5 Å². The number of hydrogen-bond acceptors (Lipinski definition) is 7. The Kier molecular flexibility index (Phi) is 7.83. The number of hydrogen-bond donors (Lipinski definition) is 3. The van der Waals surface area contributed by atoms with Crippen LogP contribution in [0.1, 0.15) is 47.2 Å². The quantitative estimate of drug-likeness (QED) is 0.169. The molecule has 10 nitrogen and oxygen atoms in total. The number of ether oxygens (including phenoxy) is 1. The lowest BCUT2D eigenvalue weighted by atomic mass is 9.92. The molecule has 228 valence electrons. The van der Waals surface area contributed by atoms with E-state index < -0.39 is 5.97 Å². The van der Waals surface area contributed by atoms with Crippen molar-refractivity contribution in [2.45, 2.75) is 50.9 Å². The van der Waals surface area contributed by atoms with Crippen LogP contribution in [-0.2, 0) is 13.1 Å². The lowest BCUT2D eigenvalue weighted by molar-refractivity contribution is 0.0697. The van der Waals surface area contributed by atoms with Crippen molar-refractivity contribution in [1.29, 1.82) is 0 Å². The number of rotatable bonds is 10. The number of carboxylic acids is 1. The predicted molar refractivity (Wildman–Crippen MR) is 168 cm³/mol. The zero-order valence-corrected chi connectivity index (χ0v) is 24.4. The molecule has 0 aliphatic heterocycles. The minimum atomic E-state index is -0.914. The van der Waals surface area contributed by atoms with Crippen molar-refractivity contribution in [2.75, 3.05) is 5.32 Å². The van der Waals surface area contributed by atoms with Gasteiger partial charge < -0.3 is 20.5 Å². The highest BCUT2D eigenvalue weighted by molar-refractivity contribution is 5.87. The second-order valence-corrected chi connectivity index (χ2v) is 11.4. The molecule has 1 saturated carbocycles. The van der Waals surface area contributed by atoms with Gasteiger partial charge in [-0.1, -0.05) is 24.3 Å². The molecule has 3 heterocycles. The highest BCUT2D eigenvalue weighted by Crippen LogP contribution is 2.32. The van der Waals surface area contributed by atoms with Crippen LogP contribution in [0, 0.1) is 5.82 Å². The van der Waals surface area contributed by atoms with Gasteiger partial charge in [0.25, 0.3) is 0 Å². The number of nitrogens with zero attached hydrogens (tertiary/aromatic N) is 5. The molecule has 7 rings (SSSR count). The van der Waals surface area contributed by atoms with Crippen LogP contribution in [0.2, 0.25) is 0 Å². The molecule has 0 spiro atoms. The van der Waals surface area contributed by atoms with Gasteiger partial charge in [-0.05, 0) is 79.3 Å². The second kappa shape index (κ2) is 12.4. The van der Waals surface area contributed by atoms with Crippen LogP contribution in [0.25, 0.3) is 16.4 Å². The summed E-state index contributed by atoms with van der Waals surface area (Å²) in [6, 6.07) is 21.8. The van der Waals surface area contributed by atoms with Crippen LogP contribution < -0.4 is 15.4 Å². The number of halogens is 1. The molecule has 0 amide bonds. The van der Waals surface area contributed by atoms with E-state index in [1.807, 2.05) is 53.3 Å². The lowest BCUT2D eigenvalue weighted by Crippen LogP contribution is -2.35. The van der Waals surface area contributed by atoms with Gasteiger partial charge in [-0.3, -0.25) is 4.68 Å². The number of aromatic nitrogens is 5. The number of aromatic carboxylic acids is 1. The Balaban J connectivity index is 0.994. The Morgan fingerprint density at radius 2 is 1.82 bits per heavy atom. The Bertz CT molecular complexity index is 1960. The molecule has 3 N–H and O–H groups in total. The van der Waals surface area contributed by atoms with Crippen molar-refractivity contribution < 1.29 is 19.0 Å². The van der Waals surface area contributed by atoms with E-state index in [-0.39, 0.29) is 11.9 Å². The molecule has 0 bridgehead atoms. The van der Waals surface area contributed by atoms with Crippen molar-refractivity contribution in [3.05, 3.63) is 114 Å². The zero-order valence-electron chi connectivity index (χ0n) is 24.4. The maximum atomic E-state index is 13.7. The molecule has 0 atom stereocenters. The fourth-order valence-electron chi connectivity index (χ4n) is 5.94. The minimum absolute atomic E-state index is 0.0810. The summed E-state index contributed by atoms with van der Waals surface area (Å²) < 4.78 is 23.8. The molecule has 3 aromatic carbocycles. The van der Waals surface area contributed by atoms with E-state index in [2.05, 4.69) is 25.8 Å². The summed E-state index contributed by atoms with van der Waals surface area (Å²) in [6.07, 6.45) is 9.08. The highest BCUT2D eigenvalue weighted by Gasteiger charge is 2.24. The van der Waals surface area contributed by atoms with Gasteiger partial charge in [0.05, 0.1) is 29.9 Å². The third-order valence-corrected chi connectivity index (χ3v) is 8.31. The monoisotopic (exact) mass is 605 g/mol. The van der Waals surface area contributed by atoms with Gasteiger partial charge in [0.2, 0.25) is 0 Å². The number of benzene rings is 3. The van der Waals surface area contributed by atoms with Gasteiger partial charge in [0.1, 0.15) is 17.7 Å². The summed E-state index contributed by atoms with van der Waals surface area (Å²) in [5.74, 6) is 0.199. The summed E-state index contributed by atoms with van der Waals surface area (Å²) in [4.78, 5) is 15.6. The summed E-state index contributed by atoms with van der Waals surface area (Å²) in [5.41, 5.74) is 4.78. The Morgan fingerprint density at radius 3 is 2.62 bits per heavy atom. The van der Waals surface area contributed by atoms with Crippen LogP contribution >= 0.6 is 0 Å². The van der Waals surface area contributed by atoms with Gasteiger partial charge in [-0.25, -0.2) is 18.7 Å². The molecule has 0 saturated heterocycles. The summed E-state index contributed by atoms with van der Waals surface area (Å²) in [7, 11) is 0. The van der Waals surface area contributed by atoms with Gasteiger partial charge in [0.15, 0.2) is 11.6 Å². The Hall–Kier alpha value is -5.29. The Morgan fingerprint density at radius 1 is 0.978 bits per heavy atom. The van der Waals surface area contributed by atoms with Crippen molar-refractivity contribution in [3.8, 4) is 5.75 Å². The smallest absolute Gasteiger partial charge is 0.335 e. The average Bonchev–Trinajstić information content (AvgIpc) is 3.65. The number of carbonyl (C=O) groups is 1. The SMILES string of the molecule is O=C(O)c1ccc(CNC2CCC(Oc3ccn4ncnc(Nc5ccc6c(cnn6Cc6cccc(F)c6)c5)c34)CC2)cc1. The summed E-state index contributed by atoms with van der Waals surface area (Å²) >= 11 is 0. The molecule has 0 unspecified atom stereocenters. The molecule has 1 aliphatic rings. The van der Waals surface area contributed by atoms with E-state index in [1.165, 1.54) is 18.5 Å². The van der Waals surface area contributed by atoms with E-state index >= 15 is 0 Å². The summed E-state index contributed by atoms with van der Waals surface area (Å²) in [5, 5.41) is 26.0. The highest BCUT2D eigenvalue weighted by atomic mass is 19.1. The van der Waals surface area contributed by atoms with E-state index in [4.69, 9.17) is 9.84 Å².